The van der Waals surface area contributed by atoms with Crippen LogP contribution in [0.3, 0.4) is 0 Å². The van der Waals surface area contributed by atoms with Crippen LogP contribution in [0.1, 0.15) is 36.2 Å². The molecule has 0 saturated carbocycles. The van der Waals surface area contributed by atoms with Crippen LogP contribution >= 0.6 is 12.4 Å². The van der Waals surface area contributed by atoms with Gasteiger partial charge in [0.05, 0.1) is 5.25 Å². The first-order chi connectivity index (χ1) is 11.8. The first-order valence-electron chi connectivity index (χ1n) is 8.51. The Morgan fingerprint density at radius 3 is 2.65 bits per heavy atom. The molecule has 0 fully saturated rings. The fraction of sp³-hybridized carbons (Fsp3) is 0.421. The first-order valence-corrected chi connectivity index (χ1v) is 10.1. The summed E-state index contributed by atoms with van der Waals surface area (Å²) in [5, 5.41) is -0.419. The van der Waals surface area contributed by atoms with Crippen molar-refractivity contribution in [1.82, 2.24) is 9.71 Å². The van der Waals surface area contributed by atoms with Gasteiger partial charge in [-0.15, -0.1) is 12.4 Å². The van der Waals surface area contributed by atoms with Crippen molar-refractivity contribution >= 4 is 22.4 Å². The number of halogens is 1. The lowest BCUT2D eigenvalue weighted by Gasteiger charge is -2.14. The summed E-state index contributed by atoms with van der Waals surface area (Å²) in [5.41, 5.74) is 4.36. The molecule has 0 unspecified atom stereocenters. The second-order valence-electron chi connectivity index (χ2n) is 6.78. The summed E-state index contributed by atoms with van der Waals surface area (Å²) in [6, 6.07) is 9.84. The van der Waals surface area contributed by atoms with E-state index in [0.29, 0.717) is 13.0 Å². The number of hydrogen-bond donors (Lipinski definition) is 1. The zero-order chi connectivity index (χ0) is 18.0. The van der Waals surface area contributed by atoms with Gasteiger partial charge in [-0.1, -0.05) is 12.1 Å². The summed E-state index contributed by atoms with van der Waals surface area (Å²) in [6.07, 6.45) is 3.19. The Labute approximate surface area is 161 Å². The molecule has 2 aromatic rings. The first kappa shape index (κ1) is 20.7. The van der Waals surface area contributed by atoms with Crippen molar-refractivity contribution in [3.8, 4) is 5.75 Å². The van der Waals surface area contributed by atoms with Gasteiger partial charge in [0.25, 0.3) is 0 Å². The van der Waals surface area contributed by atoms with Crippen LogP contribution in [0.4, 0.5) is 0 Å². The van der Waals surface area contributed by atoms with Crippen LogP contribution in [0, 0.1) is 6.92 Å². The maximum Gasteiger partial charge on any atom is 0.214 e. The number of rotatable bonds is 6. The second kappa shape index (κ2) is 8.37. The van der Waals surface area contributed by atoms with Crippen LogP contribution < -0.4 is 9.46 Å². The number of aryl methyl sites for hydroxylation is 1. The number of fused-ring (bicyclic) bond motifs is 1. The standard InChI is InChI=1S/C19H24N2O3S.ClH/c1-13(2)25(22,23)21-18-9-15-6-7-19(11-17(15)10-18)24-12-16-5-4-8-20-14(16)3;/h4-8,11,13,18,21H,9-10,12H2,1-3H3;1H/t18-;/m0./s1. The van der Waals surface area contributed by atoms with Gasteiger partial charge in [-0.25, -0.2) is 13.1 Å². The normalized spacial score (nSPS) is 16.2. The Morgan fingerprint density at radius 1 is 1.23 bits per heavy atom. The SMILES string of the molecule is Cc1ncccc1COc1ccc2c(c1)C[C@@H](NS(=O)(=O)C(C)C)C2.Cl. The molecule has 7 heteroatoms. The van der Waals surface area contributed by atoms with Gasteiger partial charge in [0.2, 0.25) is 10.0 Å². The minimum atomic E-state index is -3.25. The van der Waals surface area contributed by atoms with Crippen LogP contribution in [-0.4, -0.2) is 24.7 Å². The maximum atomic E-state index is 12.1. The van der Waals surface area contributed by atoms with Crippen molar-refractivity contribution in [3.63, 3.8) is 0 Å². The minimum Gasteiger partial charge on any atom is -0.489 e. The third kappa shape index (κ3) is 4.75. The Kier molecular flexibility index (Phi) is 6.66. The van der Waals surface area contributed by atoms with E-state index < -0.39 is 15.3 Å². The molecule has 1 aliphatic carbocycles. The largest absolute Gasteiger partial charge is 0.489 e. The lowest BCUT2D eigenvalue weighted by Crippen LogP contribution is -2.39. The van der Waals surface area contributed by atoms with E-state index in [9.17, 15) is 8.42 Å². The van der Waals surface area contributed by atoms with E-state index in [0.717, 1.165) is 29.0 Å². The van der Waals surface area contributed by atoms with Crippen molar-refractivity contribution < 1.29 is 13.2 Å². The summed E-state index contributed by atoms with van der Waals surface area (Å²) in [7, 11) is -3.25. The molecule has 0 aliphatic heterocycles. The van der Waals surface area contributed by atoms with E-state index in [1.165, 1.54) is 5.56 Å². The lowest BCUT2D eigenvalue weighted by molar-refractivity contribution is 0.304. The summed E-state index contributed by atoms with van der Waals surface area (Å²) in [4.78, 5) is 4.26. The molecule has 1 aromatic carbocycles. The molecule has 0 radical (unpaired) electrons. The van der Waals surface area contributed by atoms with E-state index in [2.05, 4.69) is 9.71 Å². The number of ether oxygens (including phenoxy) is 1. The third-order valence-corrected chi connectivity index (χ3v) is 6.48. The zero-order valence-electron chi connectivity index (χ0n) is 15.2. The van der Waals surface area contributed by atoms with Crippen LogP contribution in [-0.2, 0) is 29.5 Å². The quantitative estimate of drug-likeness (QED) is 0.814. The van der Waals surface area contributed by atoms with Gasteiger partial charge in [0, 0.05) is 23.5 Å². The fourth-order valence-corrected chi connectivity index (χ4v) is 3.87. The molecule has 26 heavy (non-hydrogen) atoms. The Bertz CT molecular complexity index is 869. The van der Waals surface area contributed by atoms with Crippen molar-refractivity contribution in [2.45, 2.75) is 51.5 Å². The monoisotopic (exact) mass is 396 g/mol. The number of aromatic nitrogens is 1. The average molecular weight is 397 g/mol. The Balaban J connectivity index is 0.00000243. The van der Waals surface area contributed by atoms with Gasteiger partial charge in [0.15, 0.2) is 0 Å². The van der Waals surface area contributed by atoms with Crippen LogP contribution in [0.25, 0.3) is 0 Å². The topological polar surface area (TPSA) is 68.3 Å². The van der Waals surface area contributed by atoms with E-state index in [-0.39, 0.29) is 18.4 Å². The molecular formula is C19H25ClN2O3S. The molecule has 0 saturated heterocycles. The van der Waals surface area contributed by atoms with Gasteiger partial charge in [-0.05, 0) is 62.9 Å². The van der Waals surface area contributed by atoms with Gasteiger partial charge in [-0.3, -0.25) is 4.98 Å². The van der Waals surface area contributed by atoms with Crippen molar-refractivity contribution in [2.75, 3.05) is 0 Å². The average Bonchev–Trinajstić information content (AvgIpc) is 2.94. The van der Waals surface area contributed by atoms with Crippen LogP contribution in [0.15, 0.2) is 36.5 Å². The molecule has 5 nitrogen and oxygen atoms in total. The predicted molar refractivity (Wildman–Crippen MR) is 105 cm³/mol. The number of nitrogens with one attached hydrogen (secondary N) is 1. The molecule has 142 valence electrons. The van der Waals surface area contributed by atoms with Crippen molar-refractivity contribution in [1.29, 1.82) is 0 Å². The molecule has 0 spiro atoms. The molecule has 1 aliphatic rings. The highest BCUT2D eigenvalue weighted by atomic mass is 35.5. The summed E-state index contributed by atoms with van der Waals surface area (Å²) < 4.78 is 32.8. The Morgan fingerprint density at radius 2 is 1.96 bits per heavy atom. The number of sulfonamides is 1. The Hall–Kier alpha value is -1.63. The molecule has 1 heterocycles. The van der Waals surface area contributed by atoms with Crippen LogP contribution in [0.2, 0.25) is 0 Å². The van der Waals surface area contributed by atoms with Crippen molar-refractivity contribution in [2.24, 2.45) is 0 Å². The molecular weight excluding hydrogens is 372 g/mol. The fourth-order valence-electron chi connectivity index (χ4n) is 2.97. The number of benzene rings is 1. The molecule has 1 N–H and O–H groups in total. The lowest BCUT2D eigenvalue weighted by atomic mass is 10.1. The van der Waals surface area contributed by atoms with Gasteiger partial charge in [0.1, 0.15) is 12.4 Å². The summed E-state index contributed by atoms with van der Waals surface area (Å²) in [5.74, 6) is 0.800. The predicted octanol–water partition coefficient (Wildman–Crippen LogP) is 3.19. The molecule has 0 amide bonds. The third-order valence-electron chi connectivity index (χ3n) is 4.57. The summed E-state index contributed by atoms with van der Waals surface area (Å²) in [6.45, 7) is 5.82. The molecule has 0 bridgehead atoms. The second-order valence-corrected chi connectivity index (χ2v) is 9.05. The van der Waals surface area contributed by atoms with E-state index in [1.54, 1.807) is 20.0 Å². The van der Waals surface area contributed by atoms with Gasteiger partial charge >= 0.3 is 0 Å². The number of hydrogen-bond acceptors (Lipinski definition) is 4. The highest BCUT2D eigenvalue weighted by Gasteiger charge is 2.27. The summed E-state index contributed by atoms with van der Waals surface area (Å²) >= 11 is 0. The van der Waals surface area contributed by atoms with Crippen molar-refractivity contribution in [3.05, 3.63) is 58.9 Å². The molecule has 3 rings (SSSR count). The van der Waals surface area contributed by atoms with Gasteiger partial charge < -0.3 is 4.74 Å². The van der Waals surface area contributed by atoms with E-state index >= 15 is 0 Å². The van der Waals surface area contributed by atoms with Crippen LogP contribution in [0.5, 0.6) is 5.75 Å². The number of pyridine rings is 1. The van der Waals surface area contributed by atoms with Gasteiger partial charge in [-0.2, -0.15) is 0 Å². The highest BCUT2D eigenvalue weighted by Crippen LogP contribution is 2.27. The zero-order valence-corrected chi connectivity index (χ0v) is 16.9. The van der Waals surface area contributed by atoms with E-state index in [1.807, 2.05) is 37.3 Å². The number of nitrogens with zero attached hydrogens (tertiary/aromatic N) is 1. The molecule has 1 atom stereocenters. The smallest absolute Gasteiger partial charge is 0.214 e. The minimum absolute atomic E-state index is 0. The highest BCUT2D eigenvalue weighted by molar-refractivity contribution is 7.90. The molecule has 1 aromatic heterocycles. The maximum absolute atomic E-state index is 12.1. The van der Waals surface area contributed by atoms with E-state index in [4.69, 9.17) is 4.74 Å².